The van der Waals surface area contributed by atoms with E-state index in [1.165, 1.54) is 4.91 Å². The number of benzene rings is 1. The third-order valence-corrected chi connectivity index (χ3v) is 3.01. The Kier molecular flexibility index (Phi) is 6.74. The highest BCUT2D eigenvalue weighted by Crippen LogP contribution is 2.08. The summed E-state index contributed by atoms with van der Waals surface area (Å²) in [6.45, 7) is 1.84. The van der Waals surface area contributed by atoms with Crippen LogP contribution in [-0.4, -0.2) is 14.2 Å². The maximum atomic E-state index is 11.3. The second-order valence-corrected chi connectivity index (χ2v) is 4.72. The molecule has 0 spiro atoms. The molecule has 7 heteroatoms. The van der Waals surface area contributed by atoms with E-state index in [4.69, 9.17) is 11.1 Å². The van der Waals surface area contributed by atoms with Crippen molar-refractivity contribution in [3.05, 3.63) is 46.3 Å². The fourth-order valence-corrected chi connectivity index (χ4v) is 2.14. The first-order valence-corrected chi connectivity index (χ1v) is 6.25. The molecule has 0 heterocycles. The van der Waals surface area contributed by atoms with E-state index in [-0.39, 0.29) is 5.75 Å². The van der Waals surface area contributed by atoms with E-state index in [1.54, 1.807) is 24.3 Å². The Bertz CT molecular complexity index is 424. The minimum atomic E-state index is -3.13. The number of anilines is 1. The number of nitrogens with one attached hydrogen (secondary N) is 1. The van der Waals surface area contributed by atoms with E-state index in [9.17, 15) is 8.42 Å². The van der Waals surface area contributed by atoms with Crippen molar-refractivity contribution < 1.29 is 8.42 Å². The zero-order valence-corrected chi connectivity index (χ0v) is 9.68. The van der Waals surface area contributed by atoms with Crippen molar-refractivity contribution in [3.8, 4) is 0 Å². The number of sulfonamides is 1. The first-order valence-electron chi connectivity index (χ1n) is 4.59. The number of para-hydroxylation sites is 1. The lowest BCUT2D eigenvalue weighted by molar-refractivity contribution is 0.600. The van der Waals surface area contributed by atoms with Gasteiger partial charge in [0, 0.05) is 5.69 Å². The van der Waals surface area contributed by atoms with Gasteiger partial charge in [-0.1, -0.05) is 25.1 Å². The topological polar surface area (TPSA) is 105 Å². The van der Waals surface area contributed by atoms with Crippen LogP contribution in [0.5, 0.6) is 0 Å². The van der Waals surface area contributed by atoms with Crippen LogP contribution in [0.3, 0.4) is 0 Å². The van der Waals surface area contributed by atoms with E-state index >= 15 is 0 Å². The molecule has 0 bridgehead atoms. The Labute approximate surface area is 94.8 Å². The molecule has 0 aliphatic carbocycles. The van der Waals surface area contributed by atoms with Gasteiger partial charge in [0.15, 0.2) is 0 Å². The molecule has 0 aliphatic heterocycles. The molecule has 88 valence electrons. The molecular weight excluding hydrogens is 228 g/mol. The Morgan fingerprint density at radius 3 is 2.19 bits per heavy atom. The fourth-order valence-electron chi connectivity index (χ4n) is 1.01. The molecule has 0 aliphatic rings. The lowest BCUT2D eigenvalue weighted by Crippen LogP contribution is -2.15. The number of hydrogen-bond donors (Lipinski definition) is 1. The van der Waals surface area contributed by atoms with Gasteiger partial charge in [0.05, 0.1) is 5.75 Å². The molecule has 0 saturated carbocycles. The number of nitrogens with zero attached hydrogens (tertiary/aromatic N) is 3. The molecule has 0 radical (unpaired) electrons. The summed E-state index contributed by atoms with van der Waals surface area (Å²) in [6, 6.07) is 8.89. The van der Waals surface area contributed by atoms with Crippen LogP contribution in [0.25, 0.3) is 16.0 Å². The lowest BCUT2D eigenvalue weighted by atomic mass is 10.3. The van der Waals surface area contributed by atoms with Crippen LogP contribution in [-0.2, 0) is 10.0 Å². The Hall–Kier alpha value is -1.72. The summed E-state index contributed by atoms with van der Waals surface area (Å²) in [4.78, 5) is 1.50. The van der Waals surface area contributed by atoms with Crippen LogP contribution >= 0.6 is 0 Å². The Morgan fingerprint density at radius 1 is 1.25 bits per heavy atom. The van der Waals surface area contributed by atoms with Crippen LogP contribution in [0.1, 0.15) is 13.3 Å². The maximum absolute atomic E-state index is 11.3. The van der Waals surface area contributed by atoms with Gasteiger partial charge in [0.2, 0.25) is 10.0 Å². The van der Waals surface area contributed by atoms with E-state index in [2.05, 4.69) is 4.72 Å². The molecule has 16 heavy (non-hydrogen) atoms. The minimum absolute atomic E-state index is 0.169. The third kappa shape index (κ3) is 6.69. The van der Waals surface area contributed by atoms with Gasteiger partial charge >= 0.3 is 0 Å². The van der Waals surface area contributed by atoms with Crippen LogP contribution < -0.4 is 4.72 Å². The van der Waals surface area contributed by atoms with Gasteiger partial charge in [-0.15, -0.1) is 0 Å². The molecular formula is C9H13N4O2S-. The third-order valence-electron chi connectivity index (χ3n) is 1.52. The smallest absolute Gasteiger partial charge is 0.232 e. The summed E-state index contributed by atoms with van der Waals surface area (Å²) in [5, 5.41) is 0. The van der Waals surface area contributed by atoms with Crippen molar-refractivity contribution in [2.75, 3.05) is 10.5 Å². The standard InChI is InChI=1S/C9H13NO2S.N3/c1-2-8-13(11,12)10-9-6-4-3-5-7-9;1-3-2/h3-7,10H,2,8H2,1H3;/q;-1. The lowest BCUT2D eigenvalue weighted by Gasteiger charge is -2.05. The number of hydrogen-bond acceptors (Lipinski definition) is 2. The van der Waals surface area contributed by atoms with Gasteiger partial charge in [-0.3, -0.25) is 9.63 Å². The predicted molar refractivity (Wildman–Crippen MR) is 64.2 cm³/mol. The average molecular weight is 241 g/mol. The highest BCUT2D eigenvalue weighted by atomic mass is 32.2. The summed E-state index contributed by atoms with van der Waals surface area (Å²) >= 11 is 0. The van der Waals surface area contributed by atoms with E-state index < -0.39 is 10.0 Å². The Balaban J connectivity index is 0.000000673. The quantitative estimate of drug-likeness (QED) is 0.497. The molecule has 0 saturated heterocycles. The van der Waals surface area contributed by atoms with E-state index in [0.29, 0.717) is 12.1 Å². The van der Waals surface area contributed by atoms with Gasteiger partial charge in [0.1, 0.15) is 0 Å². The highest BCUT2D eigenvalue weighted by Gasteiger charge is 2.07. The molecule has 1 N–H and O–H groups in total. The molecule has 0 amide bonds. The van der Waals surface area contributed by atoms with E-state index in [0.717, 1.165) is 0 Å². The summed E-state index contributed by atoms with van der Waals surface area (Å²) in [7, 11) is -3.13. The molecule has 0 fully saturated rings. The zero-order chi connectivity index (χ0) is 12.4. The molecule has 1 rings (SSSR count). The molecule has 0 atom stereocenters. The van der Waals surface area contributed by atoms with Gasteiger partial charge in [-0.25, -0.2) is 8.42 Å². The zero-order valence-electron chi connectivity index (χ0n) is 8.87. The van der Waals surface area contributed by atoms with Crippen LogP contribution in [0, 0.1) is 0 Å². The fraction of sp³-hybridized carbons (Fsp3) is 0.333. The maximum Gasteiger partial charge on any atom is 0.232 e. The molecule has 1 aromatic rings. The molecule has 1 aromatic carbocycles. The number of rotatable bonds is 4. The van der Waals surface area contributed by atoms with Crippen molar-refractivity contribution in [1.82, 2.24) is 0 Å². The second kappa shape index (κ2) is 7.56. The van der Waals surface area contributed by atoms with E-state index in [1.807, 2.05) is 13.0 Å². The first-order chi connectivity index (χ1) is 7.55. The largest absolute Gasteiger partial charge is 0.373 e. The van der Waals surface area contributed by atoms with Crippen LogP contribution in [0.2, 0.25) is 0 Å². The average Bonchev–Trinajstić information content (AvgIpc) is 2.19. The summed E-state index contributed by atoms with van der Waals surface area (Å²) < 4.78 is 25.1. The highest BCUT2D eigenvalue weighted by molar-refractivity contribution is 7.92. The van der Waals surface area contributed by atoms with Crippen LogP contribution in [0.4, 0.5) is 5.69 Å². The van der Waals surface area contributed by atoms with Gasteiger partial charge in [-0.2, -0.15) is 0 Å². The van der Waals surface area contributed by atoms with Crippen LogP contribution in [0.15, 0.2) is 30.3 Å². The second-order valence-electron chi connectivity index (χ2n) is 2.88. The minimum Gasteiger partial charge on any atom is -0.373 e. The first kappa shape index (κ1) is 14.3. The predicted octanol–water partition coefficient (Wildman–Crippen LogP) is 2.70. The molecule has 6 nitrogen and oxygen atoms in total. The Morgan fingerprint density at radius 2 is 1.75 bits per heavy atom. The van der Waals surface area contributed by atoms with Crippen molar-refractivity contribution in [1.29, 1.82) is 0 Å². The monoisotopic (exact) mass is 241 g/mol. The van der Waals surface area contributed by atoms with Gasteiger partial charge in [-0.05, 0) is 18.6 Å². The summed E-state index contributed by atoms with van der Waals surface area (Å²) in [5.74, 6) is 0.169. The summed E-state index contributed by atoms with van der Waals surface area (Å²) in [5.41, 5.74) is 14.1. The SMILES string of the molecule is CCCS(=O)(=O)Nc1ccccc1.[N-]=[N+]=[N-]. The molecule has 0 aromatic heterocycles. The van der Waals surface area contributed by atoms with Crippen molar-refractivity contribution in [2.24, 2.45) is 0 Å². The van der Waals surface area contributed by atoms with Gasteiger partial charge < -0.3 is 11.1 Å². The molecule has 0 unspecified atom stereocenters. The van der Waals surface area contributed by atoms with Crippen molar-refractivity contribution >= 4 is 15.7 Å². The summed E-state index contributed by atoms with van der Waals surface area (Å²) in [6.07, 6.45) is 0.627. The van der Waals surface area contributed by atoms with Crippen molar-refractivity contribution in [3.63, 3.8) is 0 Å². The normalized spacial score (nSPS) is 9.56. The van der Waals surface area contributed by atoms with Gasteiger partial charge in [0.25, 0.3) is 0 Å². The van der Waals surface area contributed by atoms with Crippen molar-refractivity contribution in [2.45, 2.75) is 13.3 Å².